The van der Waals surface area contributed by atoms with Crippen LogP contribution in [0.2, 0.25) is 0 Å². The fourth-order valence-electron chi connectivity index (χ4n) is 5.34. The molecule has 2 bridgehead atoms. The molecule has 2 fully saturated rings. The summed E-state index contributed by atoms with van der Waals surface area (Å²) in [6.07, 6.45) is 12.1. The van der Waals surface area contributed by atoms with Crippen LogP contribution in [0.3, 0.4) is 0 Å². The number of piperidine rings is 2. The van der Waals surface area contributed by atoms with Gasteiger partial charge in [0.15, 0.2) is 5.65 Å². The van der Waals surface area contributed by atoms with Crippen LogP contribution in [0.25, 0.3) is 33.4 Å². The molecule has 2 N–H and O–H groups in total. The van der Waals surface area contributed by atoms with E-state index >= 15 is 0 Å². The minimum Gasteiger partial charge on any atom is -0.507 e. The van der Waals surface area contributed by atoms with Gasteiger partial charge in [-0.05, 0) is 55.5 Å². The number of aromatic nitrogens is 5. The van der Waals surface area contributed by atoms with Gasteiger partial charge in [-0.2, -0.15) is 5.10 Å². The van der Waals surface area contributed by atoms with Crippen LogP contribution in [0.15, 0.2) is 48.9 Å². The maximum absolute atomic E-state index is 10.7. The Kier molecular flexibility index (Phi) is 4.31. The van der Waals surface area contributed by atoms with E-state index in [1.165, 1.54) is 19.3 Å². The smallest absolute Gasteiger partial charge is 0.162 e. The highest BCUT2D eigenvalue weighted by Crippen LogP contribution is 2.36. The Bertz CT molecular complexity index is 1250. The molecule has 158 valence electrons. The van der Waals surface area contributed by atoms with Crippen LogP contribution in [0, 0.1) is 0 Å². The van der Waals surface area contributed by atoms with Crippen LogP contribution in [-0.4, -0.2) is 41.7 Å². The molecular weight excluding hydrogens is 388 g/mol. The van der Waals surface area contributed by atoms with E-state index in [1.807, 2.05) is 31.4 Å². The number of rotatable bonds is 3. The van der Waals surface area contributed by atoms with Crippen molar-refractivity contribution >= 4 is 11.0 Å². The molecule has 0 aliphatic carbocycles. The predicted molar refractivity (Wildman–Crippen MR) is 120 cm³/mol. The van der Waals surface area contributed by atoms with Crippen LogP contribution in [0.4, 0.5) is 0 Å². The van der Waals surface area contributed by atoms with Crippen LogP contribution in [0.5, 0.6) is 5.75 Å². The van der Waals surface area contributed by atoms with Crippen molar-refractivity contribution in [2.24, 2.45) is 7.05 Å². The second-order valence-electron chi connectivity index (χ2n) is 8.98. The molecule has 0 radical (unpaired) electrons. The second kappa shape index (κ2) is 7.20. The Balaban J connectivity index is 1.31. The Hall–Kier alpha value is -3.19. The number of aryl methyl sites for hydroxylation is 1. The van der Waals surface area contributed by atoms with Crippen LogP contribution >= 0.6 is 0 Å². The summed E-state index contributed by atoms with van der Waals surface area (Å²) in [7, 11) is 1.88. The molecule has 0 spiro atoms. The van der Waals surface area contributed by atoms with E-state index in [0.717, 1.165) is 35.0 Å². The van der Waals surface area contributed by atoms with E-state index in [4.69, 9.17) is 0 Å². The fourth-order valence-corrected chi connectivity index (χ4v) is 5.34. The zero-order valence-corrected chi connectivity index (χ0v) is 17.6. The molecule has 6 rings (SSSR count). The maximum Gasteiger partial charge on any atom is 0.162 e. The lowest BCUT2D eigenvalue weighted by Gasteiger charge is -2.40. The molecule has 3 aromatic heterocycles. The van der Waals surface area contributed by atoms with Gasteiger partial charge >= 0.3 is 0 Å². The van der Waals surface area contributed by atoms with Crippen molar-refractivity contribution in [1.82, 2.24) is 29.9 Å². The number of hydrogen-bond donors (Lipinski definition) is 2. The second-order valence-corrected chi connectivity index (χ2v) is 8.98. The molecule has 5 heterocycles. The first kappa shape index (κ1) is 18.6. The van der Waals surface area contributed by atoms with Crippen molar-refractivity contribution in [2.75, 3.05) is 0 Å². The zero-order chi connectivity index (χ0) is 20.9. The summed E-state index contributed by atoms with van der Waals surface area (Å²) in [6, 6.07) is 11.5. The Morgan fingerprint density at radius 3 is 2.61 bits per heavy atom. The number of nitrogens with zero attached hydrogens (tertiary/aromatic N) is 5. The Labute approximate surface area is 180 Å². The third kappa shape index (κ3) is 3.29. The quantitative estimate of drug-likeness (QED) is 0.529. The van der Waals surface area contributed by atoms with E-state index in [0.29, 0.717) is 29.4 Å². The third-order valence-corrected chi connectivity index (χ3v) is 6.86. The molecule has 7 heteroatoms. The van der Waals surface area contributed by atoms with E-state index < -0.39 is 0 Å². The Morgan fingerprint density at radius 2 is 1.87 bits per heavy atom. The molecule has 0 amide bonds. The maximum atomic E-state index is 10.7. The van der Waals surface area contributed by atoms with Gasteiger partial charge in [-0.15, -0.1) is 10.2 Å². The normalized spacial score (nSPS) is 23.3. The predicted octanol–water partition coefficient (Wildman–Crippen LogP) is 4.05. The summed E-state index contributed by atoms with van der Waals surface area (Å²) in [5, 5.41) is 28.8. The lowest BCUT2D eigenvalue weighted by atomic mass is 9.84. The lowest BCUT2D eigenvalue weighted by molar-refractivity contribution is 0.190. The molecule has 0 unspecified atom stereocenters. The van der Waals surface area contributed by atoms with Gasteiger partial charge < -0.3 is 15.0 Å². The van der Waals surface area contributed by atoms with Gasteiger partial charge in [-0.1, -0.05) is 12.5 Å². The molecule has 2 aliphatic heterocycles. The van der Waals surface area contributed by atoms with Crippen molar-refractivity contribution in [3.8, 4) is 28.1 Å². The molecule has 31 heavy (non-hydrogen) atoms. The first-order valence-corrected chi connectivity index (χ1v) is 11.1. The molecule has 4 aromatic rings. The minimum atomic E-state index is 0.195. The number of hydrogen-bond acceptors (Lipinski definition) is 5. The molecule has 2 saturated heterocycles. The molecular formula is C24H26N6O. The largest absolute Gasteiger partial charge is 0.507 e. The average Bonchev–Trinajstić information content (AvgIpc) is 3.39. The first-order chi connectivity index (χ1) is 15.1. The minimum absolute atomic E-state index is 0.195. The number of nitrogens with one attached hydrogen (secondary N) is 1. The van der Waals surface area contributed by atoms with Gasteiger partial charge in [-0.3, -0.25) is 4.68 Å². The van der Waals surface area contributed by atoms with E-state index in [9.17, 15) is 5.11 Å². The molecule has 2 aliphatic rings. The van der Waals surface area contributed by atoms with E-state index in [-0.39, 0.29) is 5.75 Å². The SMILES string of the molecule is Cn1cc(-c2ccc(-c3cc4ccn([C@@H]5C[C@H]6CCC[C@@H](C5)N6)c4nn3)c(O)c2)cn1. The number of aromatic hydroxyl groups is 1. The lowest BCUT2D eigenvalue weighted by Crippen LogP contribution is -2.48. The van der Waals surface area contributed by atoms with Gasteiger partial charge in [0.2, 0.25) is 0 Å². The molecule has 1 aromatic carbocycles. The first-order valence-electron chi connectivity index (χ1n) is 11.1. The number of phenolic OH excluding ortho intramolecular Hbond substituents is 1. The van der Waals surface area contributed by atoms with Gasteiger partial charge in [0, 0.05) is 54.1 Å². The summed E-state index contributed by atoms with van der Waals surface area (Å²) >= 11 is 0. The number of fused-ring (bicyclic) bond motifs is 3. The van der Waals surface area contributed by atoms with Gasteiger partial charge in [0.25, 0.3) is 0 Å². The zero-order valence-electron chi connectivity index (χ0n) is 17.6. The van der Waals surface area contributed by atoms with E-state index in [1.54, 1.807) is 16.9 Å². The summed E-state index contributed by atoms with van der Waals surface area (Å²) in [6.45, 7) is 0. The summed E-state index contributed by atoms with van der Waals surface area (Å²) < 4.78 is 4.06. The van der Waals surface area contributed by atoms with Crippen molar-refractivity contribution in [3.63, 3.8) is 0 Å². The third-order valence-electron chi connectivity index (χ3n) is 6.86. The number of benzene rings is 1. The summed E-state index contributed by atoms with van der Waals surface area (Å²) in [5.41, 5.74) is 4.19. The summed E-state index contributed by atoms with van der Waals surface area (Å²) in [5.74, 6) is 0.195. The van der Waals surface area contributed by atoms with Crippen molar-refractivity contribution in [2.45, 2.75) is 50.2 Å². The number of phenols is 1. The van der Waals surface area contributed by atoms with Crippen molar-refractivity contribution < 1.29 is 5.11 Å². The van der Waals surface area contributed by atoms with Crippen molar-refractivity contribution in [1.29, 1.82) is 0 Å². The van der Waals surface area contributed by atoms with E-state index in [2.05, 4.69) is 37.4 Å². The highest BCUT2D eigenvalue weighted by molar-refractivity contribution is 5.82. The monoisotopic (exact) mass is 414 g/mol. The highest BCUT2D eigenvalue weighted by Gasteiger charge is 2.32. The van der Waals surface area contributed by atoms with Gasteiger partial charge in [0.05, 0.1) is 11.9 Å². The fraction of sp³-hybridized carbons (Fsp3) is 0.375. The molecule has 7 nitrogen and oxygen atoms in total. The van der Waals surface area contributed by atoms with Gasteiger partial charge in [0.1, 0.15) is 5.75 Å². The molecule has 3 atom stereocenters. The van der Waals surface area contributed by atoms with Crippen LogP contribution < -0.4 is 5.32 Å². The topological polar surface area (TPSA) is 80.8 Å². The summed E-state index contributed by atoms with van der Waals surface area (Å²) in [4.78, 5) is 0. The van der Waals surface area contributed by atoms with Crippen molar-refractivity contribution in [3.05, 3.63) is 48.9 Å². The van der Waals surface area contributed by atoms with Gasteiger partial charge in [-0.25, -0.2) is 0 Å². The standard InChI is InChI=1S/C24H26N6O/c1-29-14-17(13-25-29)15-5-6-21(23(31)10-15)22-9-16-7-8-30(24(16)28-27-22)20-11-18-3-2-4-19(12-20)26-18/h5-10,13-14,18-20,26,31H,2-4,11-12H2,1H3/t18-,19+,20-. The molecule has 0 saturated carbocycles. The van der Waals surface area contributed by atoms with Crippen LogP contribution in [0.1, 0.15) is 38.1 Å². The highest BCUT2D eigenvalue weighted by atomic mass is 16.3. The Morgan fingerprint density at radius 1 is 1.03 bits per heavy atom. The van der Waals surface area contributed by atoms with Crippen LogP contribution in [-0.2, 0) is 7.05 Å². The average molecular weight is 415 g/mol.